The van der Waals surface area contributed by atoms with Crippen LogP contribution in [0.3, 0.4) is 0 Å². The van der Waals surface area contributed by atoms with Crippen LogP contribution in [0.1, 0.15) is 30.4 Å². The monoisotopic (exact) mass is 311 g/mol. The van der Waals surface area contributed by atoms with Crippen LogP contribution < -0.4 is 0 Å². The highest BCUT2D eigenvalue weighted by Gasteiger charge is 2.35. The van der Waals surface area contributed by atoms with Crippen LogP contribution in [0, 0.1) is 5.82 Å². The largest absolute Gasteiger partial charge is 0.419 e. The van der Waals surface area contributed by atoms with Gasteiger partial charge in [-0.15, -0.1) is 11.6 Å². The number of hydrogen-bond donors (Lipinski definition) is 0. The Morgan fingerprint density at radius 1 is 1.30 bits per heavy atom. The fraction of sp³-hybridized carbons (Fsp3) is 0.462. The van der Waals surface area contributed by atoms with Gasteiger partial charge < -0.3 is 4.90 Å². The molecule has 0 heterocycles. The molecule has 7 heteroatoms. The average Bonchev–Trinajstić information content (AvgIpc) is 2.38. The Morgan fingerprint density at radius 2 is 1.85 bits per heavy atom. The van der Waals surface area contributed by atoms with Crippen LogP contribution in [0.4, 0.5) is 17.6 Å². The van der Waals surface area contributed by atoms with Crippen molar-refractivity contribution < 1.29 is 22.4 Å². The minimum absolute atomic E-state index is 0.0720. The predicted octanol–water partition coefficient (Wildman–Crippen LogP) is 3.99. The summed E-state index contributed by atoms with van der Waals surface area (Å²) < 4.78 is 51.0. The summed E-state index contributed by atoms with van der Waals surface area (Å²) in [5, 5.41) is -1.27. The smallest absolute Gasteiger partial charge is 0.342 e. The lowest BCUT2D eigenvalue weighted by Gasteiger charge is -2.22. The van der Waals surface area contributed by atoms with Crippen LogP contribution in [0.15, 0.2) is 18.2 Å². The number of rotatable bonds is 4. The number of hydrogen-bond acceptors (Lipinski definition) is 1. The maximum atomic E-state index is 13.2. The van der Waals surface area contributed by atoms with Gasteiger partial charge in [0.1, 0.15) is 11.2 Å². The van der Waals surface area contributed by atoms with Gasteiger partial charge in [-0.2, -0.15) is 13.2 Å². The van der Waals surface area contributed by atoms with Crippen molar-refractivity contribution in [1.29, 1.82) is 0 Å². The number of alkyl halides is 4. The Bertz CT molecular complexity index is 486. The lowest BCUT2D eigenvalue weighted by atomic mass is 10.1. The van der Waals surface area contributed by atoms with E-state index >= 15 is 0 Å². The molecule has 1 rings (SSSR count). The molecule has 0 aliphatic heterocycles. The summed E-state index contributed by atoms with van der Waals surface area (Å²) in [6.45, 7) is 4.26. The summed E-state index contributed by atoms with van der Waals surface area (Å²) in [4.78, 5) is 13.4. The molecule has 1 unspecified atom stereocenters. The van der Waals surface area contributed by atoms with E-state index in [9.17, 15) is 22.4 Å². The van der Waals surface area contributed by atoms with E-state index in [4.69, 9.17) is 11.6 Å². The molecule has 0 aliphatic carbocycles. The van der Waals surface area contributed by atoms with Gasteiger partial charge in [0, 0.05) is 13.1 Å². The first-order chi connectivity index (χ1) is 9.22. The lowest BCUT2D eigenvalue weighted by molar-refractivity contribution is -0.140. The second-order valence-corrected chi connectivity index (χ2v) is 4.55. The quantitative estimate of drug-likeness (QED) is 0.608. The second kappa shape index (κ2) is 6.43. The first kappa shape index (κ1) is 16.8. The topological polar surface area (TPSA) is 20.3 Å². The SMILES string of the molecule is CCN(CC)C(=O)C(Cl)c1ccc(F)c(C(F)(F)F)c1. The standard InChI is InChI=1S/C13H14ClF4NO/c1-3-19(4-2)12(20)11(14)8-5-6-10(15)9(7-8)13(16,17)18/h5-7,11H,3-4H2,1-2H3. The van der Waals surface area contributed by atoms with Crippen molar-refractivity contribution in [1.82, 2.24) is 4.90 Å². The van der Waals surface area contributed by atoms with Crippen LogP contribution in [0.25, 0.3) is 0 Å². The van der Waals surface area contributed by atoms with Gasteiger partial charge in [-0.05, 0) is 31.5 Å². The van der Waals surface area contributed by atoms with E-state index in [0.717, 1.165) is 6.07 Å². The van der Waals surface area contributed by atoms with Crippen LogP contribution >= 0.6 is 11.6 Å². The van der Waals surface area contributed by atoms with E-state index in [1.807, 2.05) is 0 Å². The summed E-state index contributed by atoms with van der Waals surface area (Å²) >= 11 is 5.90. The summed E-state index contributed by atoms with van der Waals surface area (Å²) in [5.74, 6) is -1.89. The zero-order valence-corrected chi connectivity index (χ0v) is 11.7. The van der Waals surface area contributed by atoms with Gasteiger partial charge in [0.05, 0.1) is 5.56 Å². The highest BCUT2D eigenvalue weighted by molar-refractivity contribution is 6.30. The Hall–Kier alpha value is -1.30. The van der Waals surface area contributed by atoms with Gasteiger partial charge in [-0.25, -0.2) is 4.39 Å². The molecule has 1 amide bonds. The van der Waals surface area contributed by atoms with Crippen LogP contribution in [-0.4, -0.2) is 23.9 Å². The van der Waals surface area contributed by atoms with Gasteiger partial charge >= 0.3 is 6.18 Å². The van der Waals surface area contributed by atoms with E-state index in [-0.39, 0.29) is 5.56 Å². The molecule has 0 fully saturated rings. The average molecular weight is 312 g/mol. The summed E-state index contributed by atoms with van der Waals surface area (Å²) in [6, 6.07) is 2.33. The summed E-state index contributed by atoms with van der Waals surface area (Å²) in [6.07, 6.45) is -4.82. The molecule has 1 aromatic carbocycles. The number of nitrogens with zero attached hydrogens (tertiary/aromatic N) is 1. The van der Waals surface area contributed by atoms with Gasteiger partial charge in [-0.1, -0.05) is 6.07 Å². The highest BCUT2D eigenvalue weighted by atomic mass is 35.5. The van der Waals surface area contributed by atoms with E-state index in [1.165, 1.54) is 4.90 Å². The molecule has 1 aromatic rings. The van der Waals surface area contributed by atoms with E-state index < -0.39 is 28.8 Å². The fourth-order valence-electron chi connectivity index (χ4n) is 1.76. The fourth-order valence-corrected chi connectivity index (χ4v) is 2.03. The molecule has 20 heavy (non-hydrogen) atoms. The molecule has 0 aliphatic rings. The number of halogens is 5. The van der Waals surface area contributed by atoms with Crippen molar-refractivity contribution in [3.8, 4) is 0 Å². The normalized spacial score (nSPS) is 13.2. The Kier molecular flexibility index (Phi) is 5.39. The molecule has 0 N–H and O–H groups in total. The Morgan fingerprint density at radius 3 is 2.30 bits per heavy atom. The summed E-state index contributed by atoms with van der Waals surface area (Å²) in [7, 11) is 0. The highest BCUT2D eigenvalue weighted by Crippen LogP contribution is 2.34. The first-order valence-corrected chi connectivity index (χ1v) is 6.45. The minimum atomic E-state index is -4.82. The lowest BCUT2D eigenvalue weighted by Crippen LogP contribution is -2.33. The third kappa shape index (κ3) is 3.62. The van der Waals surface area contributed by atoms with Crippen molar-refractivity contribution in [2.45, 2.75) is 25.4 Å². The van der Waals surface area contributed by atoms with Crippen LogP contribution in [0.5, 0.6) is 0 Å². The van der Waals surface area contributed by atoms with Crippen LogP contribution in [-0.2, 0) is 11.0 Å². The minimum Gasteiger partial charge on any atom is -0.342 e. The molecule has 1 atom stereocenters. The first-order valence-electron chi connectivity index (χ1n) is 6.01. The van der Waals surface area contributed by atoms with Gasteiger partial charge in [0.15, 0.2) is 0 Å². The molecule has 0 aromatic heterocycles. The zero-order chi connectivity index (χ0) is 15.5. The summed E-state index contributed by atoms with van der Waals surface area (Å²) in [5.41, 5.74) is -1.50. The maximum absolute atomic E-state index is 13.2. The van der Waals surface area contributed by atoms with Gasteiger partial charge in [-0.3, -0.25) is 4.79 Å². The number of carbonyl (C=O) groups is 1. The predicted molar refractivity (Wildman–Crippen MR) is 67.9 cm³/mol. The van der Waals surface area contributed by atoms with E-state index in [2.05, 4.69) is 0 Å². The van der Waals surface area contributed by atoms with Gasteiger partial charge in [0.25, 0.3) is 0 Å². The van der Waals surface area contributed by atoms with E-state index in [1.54, 1.807) is 13.8 Å². The number of likely N-dealkylation sites (N-methyl/N-ethyl adjacent to an activating group) is 1. The van der Waals surface area contributed by atoms with Gasteiger partial charge in [0.2, 0.25) is 5.91 Å². The van der Waals surface area contributed by atoms with Crippen molar-refractivity contribution in [2.75, 3.05) is 13.1 Å². The van der Waals surface area contributed by atoms with E-state index in [0.29, 0.717) is 25.2 Å². The molecule has 2 nitrogen and oxygen atoms in total. The molecular formula is C13H14ClF4NO. The third-order valence-corrected chi connectivity index (χ3v) is 3.32. The molecule has 0 radical (unpaired) electrons. The van der Waals surface area contributed by atoms with Crippen molar-refractivity contribution >= 4 is 17.5 Å². The number of carbonyl (C=O) groups excluding carboxylic acids is 1. The Labute approximate surface area is 119 Å². The molecule has 0 bridgehead atoms. The van der Waals surface area contributed by atoms with Crippen molar-refractivity contribution in [2.24, 2.45) is 0 Å². The number of amides is 1. The maximum Gasteiger partial charge on any atom is 0.419 e. The molecular weight excluding hydrogens is 298 g/mol. The molecule has 0 spiro atoms. The molecule has 112 valence electrons. The van der Waals surface area contributed by atoms with Crippen LogP contribution in [0.2, 0.25) is 0 Å². The van der Waals surface area contributed by atoms with Crippen molar-refractivity contribution in [3.05, 3.63) is 35.1 Å². The Balaban J connectivity index is 3.12. The number of benzene rings is 1. The zero-order valence-electron chi connectivity index (χ0n) is 11.0. The molecule has 0 saturated carbocycles. The second-order valence-electron chi connectivity index (χ2n) is 4.11. The van der Waals surface area contributed by atoms with Crippen molar-refractivity contribution in [3.63, 3.8) is 0 Å². The molecule has 0 saturated heterocycles. The third-order valence-electron chi connectivity index (χ3n) is 2.88.